The standard InChI is InChI=1S/C17H23N5O3/c1-4-14(11-19-18-9-10-25-3)15-5-7-16(8-6-15)21-12-17(22(23)24)20-13(21)2/h4-8,11-13,18,20H,9-10H2,1-3H3/b14-4+,19-11-. The van der Waals surface area contributed by atoms with Crippen molar-refractivity contribution in [2.75, 3.05) is 25.2 Å². The average molecular weight is 345 g/mol. The molecule has 1 aromatic rings. The molecule has 0 aromatic heterocycles. The molecule has 0 saturated carbocycles. The van der Waals surface area contributed by atoms with E-state index in [1.54, 1.807) is 13.3 Å². The zero-order valence-electron chi connectivity index (χ0n) is 14.6. The molecule has 0 radical (unpaired) electrons. The molecule has 8 heteroatoms. The van der Waals surface area contributed by atoms with Gasteiger partial charge in [-0.1, -0.05) is 18.2 Å². The van der Waals surface area contributed by atoms with E-state index in [2.05, 4.69) is 15.8 Å². The number of nitro groups is 1. The van der Waals surface area contributed by atoms with Crippen LogP contribution >= 0.6 is 0 Å². The fourth-order valence-corrected chi connectivity index (χ4v) is 2.43. The van der Waals surface area contributed by atoms with Crippen LogP contribution < -0.4 is 15.6 Å². The van der Waals surface area contributed by atoms with Crippen molar-refractivity contribution in [2.24, 2.45) is 5.10 Å². The van der Waals surface area contributed by atoms with Gasteiger partial charge in [0.25, 0.3) is 0 Å². The minimum Gasteiger partial charge on any atom is -0.383 e. The summed E-state index contributed by atoms with van der Waals surface area (Å²) in [7, 11) is 1.64. The van der Waals surface area contributed by atoms with Crippen molar-refractivity contribution in [3.63, 3.8) is 0 Å². The fraction of sp³-hybridized carbons (Fsp3) is 0.353. The van der Waals surface area contributed by atoms with Gasteiger partial charge in [-0.3, -0.25) is 0 Å². The van der Waals surface area contributed by atoms with E-state index in [-0.39, 0.29) is 12.0 Å². The van der Waals surface area contributed by atoms with Gasteiger partial charge in [-0.25, -0.2) is 5.32 Å². The normalized spacial score (nSPS) is 17.6. The van der Waals surface area contributed by atoms with Crippen LogP contribution in [0.1, 0.15) is 19.4 Å². The fourth-order valence-electron chi connectivity index (χ4n) is 2.43. The first-order valence-electron chi connectivity index (χ1n) is 7.99. The van der Waals surface area contributed by atoms with Gasteiger partial charge in [0.2, 0.25) is 0 Å². The van der Waals surface area contributed by atoms with Crippen LogP contribution in [0.4, 0.5) is 5.69 Å². The van der Waals surface area contributed by atoms with E-state index in [9.17, 15) is 10.1 Å². The van der Waals surface area contributed by atoms with Gasteiger partial charge in [-0.05, 0) is 42.0 Å². The number of ether oxygens (including phenoxy) is 1. The number of methoxy groups -OCH3 is 1. The first-order chi connectivity index (χ1) is 12.1. The lowest BCUT2D eigenvalue weighted by Gasteiger charge is -2.18. The summed E-state index contributed by atoms with van der Waals surface area (Å²) in [5.74, 6) is -0.0000128. The van der Waals surface area contributed by atoms with E-state index < -0.39 is 4.92 Å². The molecule has 2 N–H and O–H groups in total. The van der Waals surface area contributed by atoms with Crippen molar-refractivity contribution in [1.82, 2.24) is 10.7 Å². The highest BCUT2D eigenvalue weighted by Crippen LogP contribution is 2.24. The molecule has 1 aliphatic heterocycles. The van der Waals surface area contributed by atoms with Crippen molar-refractivity contribution >= 4 is 17.5 Å². The third-order valence-electron chi connectivity index (χ3n) is 3.75. The summed E-state index contributed by atoms with van der Waals surface area (Å²) < 4.78 is 4.95. The van der Waals surface area contributed by atoms with Gasteiger partial charge in [-0.15, -0.1) is 0 Å². The highest BCUT2D eigenvalue weighted by molar-refractivity contribution is 6.09. The summed E-state index contributed by atoms with van der Waals surface area (Å²) in [6.07, 6.45) is 5.08. The number of allylic oxidation sites excluding steroid dienone is 2. The lowest BCUT2D eigenvalue weighted by atomic mass is 10.1. The van der Waals surface area contributed by atoms with Crippen LogP contribution in [0.3, 0.4) is 0 Å². The number of rotatable bonds is 8. The number of nitrogens with one attached hydrogen (secondary N) is 2. The Hall–Kier alpha value is -2.87. The van der Waals surface area contributed by atoms with Gasteiger partial charge < -0.3 is 25.2 Å². The lowest BCUT2D eigenvalue weighted by molar-refractivity contribution is -0.431. The summed E-state index contributed by atoms with van der Waals surface area (Å²) in [6.45, 7) is 5.06. The number of hydrazone groups is 1. The summed E-state index contributed by atoms with van der Waals surface area (Å²) >= 11 is 0. The van der Waals surface area contributed by atoms with Crippen LogP contribution in [-0.4, -0.2) is 37.6 Å². The van der Waals surface area contributed by atoms with Gasteiger partial charge in [0.1, 0.15) is 6.20 Å². The predicted octanol–water partition coefficient (Wildman–Crippen LogP) is 2.14. The maximum Gasteiger partial charge on any atom is 0.334 e. The highest BCUT2D eigenvalue weighted by atomic mass is 16.6. The smallest absolute Gasteiger partial charge is 0.334 e. The van der Waals surface area contributed by atoms with E-state index in [1.807, 2.05) is 49.1 Å². The molecular formula is C17H23N5O3. The number of benzene rings is 1. The molecule has 1 unspecified atom stereocenters. The molecule has 0 bridgehead atoms. The first-order valence-corrected chi connectivity index (χ1v) is 7.99. The maximum atomic E-state index is 10.9. The van der Waals surface area contributed by atoms with Gasteiger partial charge in [0.05, 0.1) is 19.4 Å². The Morgan fingerprint density at radius 1 is 1.48 bits per heavy atom. The van der Waals surface area contributed by atoms with Crippen molar-refractivity contribution in [3.8, 4) is 0 Å². The molecule has 8 nitrogen and oxygen atoms in total. The number of nitrogens with zero attached hydrogens (tertiary/aromatic N) is 3. The molecule has 2 rings (SSSR count). The van der Waals surface area contributed by atoms with Crippen molar-refractivity contribution < 1.29 is 9.66 Å². The Morgan fingerprint density at radius 2 is 2.20 bits per heavy atom. The zero-order chi connectivity index (χ0) is 18.2. The molecule has 0 saturated heterocycles. The van der Waals surface area contributed by atoms with Crippen molar-refractivity contribution in [2.45, 2.75) is 20.0 Å². The molecule has 0 fully saturated rings. The second kappa shape index (κ2) is 8.84. The maximum absolute atomic E-state index is 10.9. The Morgan fingerprint density at radius 3 is 2.76 bits per heavy atom. The Bertz CT molecular complexity index is 682. The van der Waals surface area contributed by atoms with Gasteiger partial charge in [0, 0.05) is 12.8 Å². The van der Waals surface area contributed by atoms with Crippen LogP contribution in [0.5, 0.6) is 0 Å². The van der Waals surface area contributed by atoms with E-state index >= 15 is 0 Å². The monoisotopic (exact) mass is 345 g/mol. The van der Waals surface area contributed by atoms with E-state index in [0.717, 1.165) is 16.8 Å². The second-order valence-corrected chi connectivity index (χ2v) is 5.45. The van der Waals surface area contributed by atoms with Crippen molar-refractivity contribution in [1.29, 1.82) is 0 Å². The molecule has 0 amide bonds. The summed E-state index contributed by atoms with van der Waals surface area (Å²) in [6, 6.07) is 7.80. The van der Waals surface area contributed by atoms with Crippen LogP contribution in [0.15, 0.2) is 47.5 Å². The van der Waals surface area contributed by atoms with Crippen LogP contribution in [0, 0.1) is 10.1 Å². The minimum absolute atomic E-state index is 0.0000128. The molecule has 1 aliphatic rings. The van der Waals surface area contributed by atoms with Gasteiger partial charge in [-0.2, -0.15) is 5.10 Å². The van der Waals surface area contributed by atoms with Gasteiger partial charge in [0.15, 0.2) is 6.17 Å². The van der Waals surface area contributed by atoms with Crippen molar-refractivity contribution in [3.05, 3.63) is 58.0 Å². The highest BCUT2D eigenvalue weighted by Gasteiger charge is 2.28. The quantitative estimate of drug-likeness (QED) is 0.325. The van der Waals surface area contributed by atoms with E-state index in [1.165, 1.54) is 6.20 Å². The SMILES string of the molecule is C/C=C(\C=N/NCCOC)c1ccc(N2C=C([N+](=O)[O-])NC2C)cc1. The molecule has 1 heterocycles. The average Bonchev–Trinajstić information content (AvgIpc) is 3.01. The molecule has 25 heavy (non-hydrogen) atoms. The Kier molecular flexibility index (Phi) is 6.53. The predicted molar refractivity (Wildman–Crippen MR) is 98.6 cm³/mol. The number of anilines is 1. The minimum atomic E-state index is -0.421. The lowest BCUT2D eigenvalue weighted by Crippen LogP contribution is -2.33. The third kappa shape index (κ3) is 4.80. The zero-order valence-corrected chi connectivity index (χ0v) is 14.6. The third-order valence-corrected chi connectivity index (χ3v) is 3.75. The van der Waals surface area contributed by atoms with E-state index in [0.29, 0.717) is 13.2 Å². The Labute approximate surface area is 147 Å². The summed E-state index contributed by atoms with van der Waals surface area (Å²) in [5.41, 5.74) is 5.79. The molecule has 1 atom stereocenters. The van der Waals surface area contributed by atoms with Crippen LogP contribution in [-0.2, 0) is 4.74 Å². The van der Waals surface area contributed by atoms with Crippen LogP contribution in [0.2, 0.25) is 0 Å². The molecule has 0 spiro atoms. The first kappa shape index (κ1) is 18.5. The number of hydrogen-bond donors (Lipinski definition) is 2. The van der Waals surface area contributed by atoms with E-state index in [4.69, 9.17) is 4.74 Å². The number of hydrogen-bond acceptors (Lipinski definition) is 7. The molecule has 0 aliphatic carbocycles. The second-order valence-electron chi connectivity index (χ2n) is 5.45. The molecule has 134 valence electrons. The molecular weight excluding hydrogens is 322 g/mol. The summed E-state index contributed by atoms with van der Waals surface area (Å²) in [5, 5.41) is 17.9. The summed E-state index contributed by atoms with van der Waals surface area (Å²) in [4.78, 5) is 12.3. The van der Waals surface area contributed by atoms with Crippen LogP contribution in [0.25, 0.3) is 5.57 Å². The molecule has 1 aromatic carbocycles. The Balaban J connectivity index is 2.07. The van der Waals surface area contributed by atoms with Gasteiger partial charge >= 0.3 is 5.82 Å². The topological polar surface area (TPSA) is 92.0 Å². The largest absolute Gasteiger partial charge is 0.383 e.